The summed E-state index contributed by atoms with van der Waals surface area (Å²) >= 11 is 0. The number of aromatic nitrogens is 3. The second kappa shape index (κ2) is 6.88. The molecule has 0 fully saturated rings. The Morgan fingerprint density at radius 2 is 2.14 bits per heavy atom. The molecule has 0 spiro atoms. The molecule has 1 aromatic heterocycles. The van der Waals surface area contributed by atoms with Crippen molar-refractivity contribution in [2.45, 2.75) is 26.8 Å². The van der Waals surface area contributed by atoms with E-state index in [1.54, 1.807) is 18.7 Å². The van der Waals surface area contributed by atoms with Crippen molar-refractivity contribution in [2.24, 2.45) is 0 Å². The molecule has 1 aromatic carbocycles. The van der Waals surface area contributed by atoms with Crippen LogP contribution in [0.5, 0.6) is 5.75 Å². The zero-order chi connectivity index (χ0) is 15.2. The number of methoxy groups -OCH3 is 1. The molecule has 0 aliphatic heterocycles. The number of carbonyl (C=O) groups excluding carboxylic acids is 1. The van der Waals surface area contributed by atoms with Gasteiger partial charge < -0.3 is 9.47 Å². The molecule has 6 nitrogen and oxygen atoms in total. The van der Waals surface area contributed by atoms with Crippen LogP contribution in [0.1, 0.15) is 30.8 Å². The van der Waals surface area contributed by atoms with E-state index in [4.69, 9.17) is 9.47 Å². The molecule has 0 aliphatic carbocycles. The minimum atomic E-state index is -0.460. The Morgan fingerprint density at radius 1 is 1.33 bits per heavy atom. The van der Waals surface area contributed by atoms with Crippen molar-refractivity contribution in [2.75, 3.05) is 13.7 Å². The van der Waals surface area contributed by atoms with E-state index in [0.717, 1.165) is 12.0 Å². The molecule has 21 heavy (non-hydrogen) atoms. The molecular formula is C15H19N3O3. The summed E-state index contributed by atoms with van der Waals surface area (Å²) in [5.74, 6) is 0.254. The number of hydrogen-bond donors (Lipinski definition) is 0. The first-order valence-corrected chi connectivity index (χ1v) is 6.96. The highest BCUT2D eigenvalue weighted by Gasteiger charge is 2.22. The number of hydrogen-bond acceptors (Lipinski definition) is 5. The first-order valence-electron chi connectivity index (χ1n) is 6.96. The summed E-state index contributed by atoms with van der Waals surface area (Å²) in [4.78, 5) is 12.0. The van der Waals surface area contributed by atoms with Gasteiger partial charge in [0.1, 0.15) is 11.4 Å². The fourth-order valence-electron chi connectivity index (χ4n) is 2.07. The Morgan fingerprint density at radius 3 is 2.81 bits per heavy atom. The van der Waals surface area contributed by atoms with Crippen LogP contribution in [0.4, 0.5) is 0 Å². The van der Waals surface area contributed by atoms with Gasteiger partial charge >= 0.3 is 5.97 Å². The number of carbonyl (C=O) groups is 1. The van der Waals surface area contributed by atoms with Gasteiger partial charge in [-0.2, -0.15) is 0 Å². The zero-order valence-corrected chi connectivity index (χ0v) is 12.5. The Balaban J connectivity index is 2.52. The SMILES string of the molecule is CCCn1nnc(C(=O)OCC)c1-c1cccc(OC)c1. The summed E-state index contributed by atoms with van der Waals surface area (Å²) in [7, 11) is 1.60. The van der Waals surface area contributed by atoms with Crippen LogP contribution in [0.3, 0.4) is 0 Å². The van der Waals surface area contributed by atoms with E-state index >= 15 is 0 Å². The molecule has 0 saturated carbocycles. The van der Waals surface area contributed by atoms with Gasteiger partial charge in [-0.05, 0) is 25.5 Å². The Bertz CT molecular complexity index is 622. The number of benzene rings is 1. The van der Waals surface area contributed by atoms with Crippen molar-refractivity contribution in [1.82, 2.24) is 15.0 Å². The van der Waals surface area contributed by atoms with E-state index in [1.165, 1.54) is 0 Å². The van der Waals surface area contributed by atoms with E-state index in [2.05, 4.69) is 10.3 Å². The highest BCUT2D eigenvalue weighted by molar-refractivity contribution is 5.94. The van der Waals surface area contributed by atoms with Gasteiger partial charge in [-0.15, -0.1) is 5.10 Å². The standard InChI is InChI=1S/C15H19N3O3/c1-4-9-18-14(11-7-6-8-12(10-11)20-3)13(16-17-18)15(19)21-5-2/h6-8,10H,4-5,9H2,1-3H3. The third-order valence-corrected chi connectivity index (χ3v) is 2.98. The number of esters is 1. The molecule has 112 valence electrons. The van der Waals surface area contributed by atoms with Crippen LogP contribution in [-0.4, -0.2) is 34.7 Å². The molecule has 0 aliphatic rings. The fourth-order valence-corrected chi connectivity index (χ4v) is 2.07. The predicted octanol–water partition coefficient (Wildman–Crippen LogP) is 2.54. The maximum Gasteiger partial charge on any atom is 0.361 e. The van der Waals surface area contributed by atoms with Crippen LogP contribution in [0.25, 0.3) is 11.3 Å². The van der Waals surface area contributed by atoms with E-state index in [1.807, 2.05) is 31.2 Å². The van der Waals surface area contributed by atoms with Crippen LogP contribution in [0.2, 0.25) is 0 Å². The van der Waals surface area contributed by atoms with Crippen LogP contribution in [0.15, 0.2) is 24.3 Å². The number of rotatable bonds is 6. The highest BCUT2D eigenvalue weighted by atomic mass is 16.5. The van der Waals surface area contributed by atoms with Crippen LogP contribution < -0.4 is 4.74 Å². The van der Waals surface area contributed by atoms with E-state index in [-0.39, 0.29) is 5.69 Å². The normalized spacial score (nSPS) is 10.4. The van der Waals surface area contributed by atoms with Crippen LogP contribution >= 0.6 is 0 Å². The third-order valence-electron chi connectivity index (χ3n) is 2.98. The highest BCUT2D eigenvalue weighted by Crippen LogP contribution is 2.26. The van der Waals surface area contributed by atoms with E-state index in [9.17, 15) is 4.79 Å². The van der Waals surface area contributed by atoms with Gasteiger partial charge in [-0.1, -0.05) is 24.3 Å². The first kappa shape index (κ1) is 15.0. The van der Waals surface area contributed by atoms with Crippen LogP contribution in [-0.2, 0) is 11.3 Å². The molecule has 0 N–H and O–H groups in total. The van der Waals surface area contributed by atoms with Crippen molar-refractivity contribution in [1.29, 1.82) is 0 Å². The largest absolute Gasteiger partial charge is 0.497 e. The lowest BCUT2D eigenvalue weighted by molar-refractivity contribution is 0.0520. The second-order valence-corrected chi connectivity index (χ2v) is 4.46. The van der Waals surface area contributed by atoms with Crippen molar-refractivity contribution >= 4 is 5.97 Å². The minimum absolute atomic E-state index is 0.235. The number of ether oxygens (including phenoxy) is 2. The predicted molar refractivity (Wildman–Crippen MR) is 78.3 cm³/mol. The van der Waals surface area contributed by atoms with E-state index < -0.39 is 5.97 Å². The topological polar surface area (TPSA) is 66.2 Å². The molecule has 0 atom stereocenters. The van der Waals surface area contributed by atoms with Gasteiger partial charge in [0.2, 0.25) is 0 Å². The fraction of sp³-hybridized carbons (Fsp3) is 0.400. The lowest BCUT2D eigenvalue weighted by Gasteiger charge is -2.08. The van der Waals surface area contributed by atoms with Crippen molar-refractivity contribution < 1.29 is 14.3 Å². The lowest BCUT2D eigenvalue weighted by atomic mass is 10.1. The molecular weight excluding hydrogens is 270 g/mol. The van der Waals surface area contributed by atoms with Gasteiger partial charge in [-0.3, -0.25) is 0 Å². The molecule has 0 bridgehead atoms. The third kappa shape index (κ3) is 3.21. The van der Waals surface area contributed by atoms with Gasteiger partial charge in [0.05, 0.1) is 13.7 Å². The number of aryl methyl sites for hydroxylation is 1. The average Bonchev–Trinajstić information content (AvgIpc) is 2.92. The summed E-state index contributed by atoms with van der Waals surface area (Å²) in [6.07, 6.45) is 0.891. The van der Waals surface area contributed by atoms with Gasteiger partial charge in [0.25, 0.3) is 0 Å². The first-order chi connectivity index (χ1) is 10.2. The van der Waals surface area contributed by atoms with Gasteiger partial charge in [0.15, 0.2) is 5.69 Å². The van der Waals surface area contributed by atoms with Crippen molar-refractivity contribution in [3.05, 3.63) is 30.0 Å². The van der Waals surface area contributed by atoms with Crippen molar-refractivity contribution in [3.8, 4) is 17.0 Å². The van der Waals surface area contributed by atoms with Crippen molar-refractivity contribution in [3.63, 3.8) is 0 Å². The molecule has 6 heteroatoms. The lowest BCUT2D eigenvalue weighted by Crippen LogP contribution is -2.08. The zero-order valence-electron chi connectivity index (χ0n) is 12.5. The average molecular weight is 289 g/mol. The summed E-state index contributed by atoms with van der Waals surface area (Å²) in [5.41, 5.74) is 1.73. The Kier molecular flexibility index (Phi) is 4.92. The molecule has 1 heterocycles. The van der Waals surface area contributed by atoms with Gasteiger partial charge in [-0.25, -0.2) is 9.48 Å². The number of nitrogens with zero attached hydrogens (tertiary/aromatic N) is 3. The maximum absolute atomic E-state index is 12.0. The Hall–Kier alpha value is -2.37. The molecule has 0 amide bonds. The molecule has 0 saturated heterocycles. The van der Waals surface area contributed by atoms with Gasteiger partial charge in [0, 0.05) is 12.1 Å². The summed E-state index contributed by atoms with van der Waals surface area (Å²) < 4.78 is 12.0. The smallest absolute Gasteiger partial charge is 0.361 e. The molecule has 2 rings (SSSR count). The van der Waals surface area contributed by atoms with E-state index in [0.29, 0.717) is 24.6 Å². The molecule has 0 radical (unpaired) electrons. The maximum atomic E-state index is 12.0. The molecule has 0 unspecified atom stereocenters. The quantitative estimate of drug-likeness (QED) is 0.764. The Labute approximate surface area is 123 Å². The molecule has 2 aromatic rings. The minimum Gasteiger partial charge on any atom is -0.497 e. The second-order valence-electron chi connectivity index (χ2n) is 4.46. The monoisotopic (exact) mass is 289 g/mol. The summed E-state index contributed by atoms with van der Waals surface area (Å²) in [6.45, 7) is 4.79. The summed E-state index contributed by atoms with van der Waals surface area (Å²) in [5, 5.41) is 8.05. The van der Waals surface area contributed by atoms with Crippen LogP contribution in [0, 0.1) is 0 Å². The summed E-state index contributed by atoms with van der Waals surface area (Å²) in [6, 6.07) is 7.47.